The van der Waals surface area contributed by atoms with E-state index >= 15 is 0 Å². The monoisotopic (exact) mass is 307 g/mol. The van der Waals surface area contributed by atoms with Gasteiger partial charge >= 0.3 is 0 Å². The molecule has 0 saturated carbocycles. The van der Waals surface area contributed by atoms with Gasteiger partial charge in [0.2, 0.25) is 0 Å². The molecule has 0 radical (unpaired) electrons. The third kappa shape index (κ3) is 3.29. The van der Waals surface area contributed by atoms with Crippen molar-refractivity contribution in [2.75, 3.05) is 7.11 Å². The molecule has 2 rings (SSSR count). The van der Waals surface area contributed by atoms with E-state index in [9.17, 15) is 14.9 Å². The molecular weight excluding hydrogens is 298 g/mol. The lowest BCUT2D eigenvalue weighted by atomic mass is 10.2. The van der Waals surface area contributed by atoms with Gasteiger partial charge < -0.3 is 9.47 Å². The third-order valence-electron chi connectivity index (χ3n) is 2.68. The van der Waals surface area contributed by atoms with E-state index in [2.05, 4.69) is 0 Å². The van der Waals surface area contributed by atoms with Crippen LogP contribution in [0.15, 0.2) is 36.4 Å². The summed E-state index contributed by atoms with van der Waals surface area (Å²) in [6.45, 7) is 0. The van der Waals surface area contributed by atoms with E-state index in [-0.39, 0.29) is 22.7 Å². The quantitative estimate of drug-likeness (QED) is 0.476. The summed E-state index contributed by atoms with van der Waals surface area (Å²) in [5.41, 5.74) is 0.0866. The standard InChI is InChI=1S/C14H10ClNO5/c1-20-13-5-3-11(16(18)19)7-14(13)21-12-4-2-10(15)6-9(12)8-17/h2-8H,1H3. The molecule has 0 aliphatic rings. The molecule has 2 aromatic carbocycles. The number of halogens is 1. The minimum atomic E-state index is -0.547. The van der Waals surface area contributed by atoms with Crippen LogP contribution >= 0.6 is 11.6 Å². The lowest BCUT2D eigenvalue weighted by Gasteiger charge is -2.11. The Morgan fingerprint density at radius 3 is 2.48 bits per heavy atom. The van der Waals surface area contributed by atoms with Gasteiger partial charge in [-0.25, -0.2) is 0 Å². The van der Waals surface area contributed by atoms with Crippen LogP contribution in [-0.4, -0.2) is 18.3 Å². The Kier molecular flexibility index (Phi) is 4.39. The molecule has 0 N–H and O–H groups in total. The summed E-state index contributed by atoms with van der Waals surface area (Å²) in [6.07, 6.45) is 0.588. The predicted molar refractivity (Wildman–Crippen MR) is 76.6 cm³/mol. The Morgan fingerprint density at radius 1 is 1.14 bits per heavy atom. The van der Waals surface area contributed by atoms with E-state index in [4.69, 9.17) is 21.1 Å². The second kappa shape index (κ2) is 6.23. The Balaban J connectivity index is 2.45. The molecule has 0 fully saturated rings. The molecule has 0 aliphatic heterocycles. The highest BCUT2D eigenvalue weighted by atomic mass is 35.5. The number of methoxy groups -OCH3 is 1. The van der Waals surface area contributed by atoms with Crippen molar-refractivity contribution in [2.45, 2.75) is 0 Å². The topological polar surface area (TPSA) is 78.7 Å². The normalized spacial score (nSPS) is 10.0. The summed E-state index contributed by atoms with van der Waals surface area (Å²) in [5.74, 6) is 0.678. The Bertz CT molecular complexity index is 702. The molecule has 2 aromatic rings. The third-order valence-corrected chi connectivity index (χ3v) is 2.91. The Morgan fingerprint density at radius 2 is 1.86 bits per heavy atom. The minimum Gasteiger partial charge on any atom is -0.493 e. The minimum absolute atomic E-state index is 0.136. The number of nitro benzene ring substituents is 1. The maximum absolute atomic E-state index is 11.0. The molecule has 0 spiro atoms. The van der Waals surface area contributed by atoms with Crippen molar-refractivity contribution in [3.8, 4) is 17.2 Å². The maximum atomic E-state index is 11.0. The lowest BCUT2D eigenvalue weighted by Crippen LogP contribution is -1.95. The van der Waals surface area contributed by atoms with Crippen molar-refractivity contribution in [3.63, 3.8) is 0 Å². The van der Waals surface area contributed by atoms with Gasteiger partial charge in [0.05, 0.1) is 23.7 Å². The van der Waals surface area contributed by atoms with Crippen LogP contribution in [0, 0.1) is 10.1 Å². The van der Waals surface area contributed by atoms with Crippen LogP contribution in [0.1, 0.15) is 10.4 Å². The largest absolute Gasteiger partial charge is 0.493 e. The molecule has 21 heavy (non-hydrogen) atoms. The average Bonchev–Trinajstić information content (AvgIpc) is 2.48. The summed E-state index contributed by atoms with van der Waals surface area (Å²) < 4.78 is 10.6. The van der Waals surface area contributed by atoms with Crippen molar-refractivity contribution in [2.24, 2.45) is 0 Å². The first-order valence-electron chi connectivity index (χ1n) is 5.80. The van der Waals surface area contributed by atoms with E-state index in [0.717, 1.165) is 0 Å². The number of nitrogens with zero attached hydrogens (tertiary/aromatic N) is 1. The number of benzene rings is 2. The fourth-order valence-electron chi connectivity index (χ4n) is 1.68. The van der Waals surface area contributed by atoms with E-state index < -0.39 is 4.92 Å². The smallest absolute Gasteiger partial charge is 0.273 e. The van der Waals surface area contributed by atoms with Gasteiger partial charge in [-0.15, -0.1) is 0 Å². The van der Waals surface area contributed by atoms with Gasteiger partial charge in [0.15, 0.2) is 17.8 Å². The Hall–Kier alpha value is -2.60. The summed E-state index contributed by atoms with van der Waals surface area (Å²) >= 11 is 5.80. The van der Waals surface area contributed by atoms with Gasteiger partial charge in [0.1, 0.15) is 5.75 Å². The number of hydrogen-bond acceptors (Lipinski definition) is 5. The van der Waals surface area contributed by atoms with Crippen LogP contribution < -0.4 is 9.47 Å². The summed E-state index contributed by atoms with van der Waals surface area (Å²) in [5, 5.41) is 11.2. The van der Waals surface area contributed by atoms with Gasteiger partial charge in [-0.1, -0.05) is 11.6 Å². The van der Waals surface area contributed by atoms with Crippen LogP contribution in [-0.2, 0) is 0 Å². The first kappa shape index (κ1) is 14.8. The van der Waals surface area contributed by atoms with Crippen LogP contribution in [0.4, 0.5) is 5.69 Å². The van der Waals surface area contributed by atoms with E-state index in [1.807, 2.05) is 0 Å². The molecule has 0 aromatic heterocycles. The zero-order valence-corrected chi connectivity index (χ0v) is 11.7. The molecular formula is C14H10ClNO5. The number of carbonyl (C=O) groups is 1. The molecule has 0 amide bonds. The van der Waals surface area contributed by atoms with Crippen LogP contribution in [0.2, 0.25) is 5.02 Å². The molecule has 0 aliphatic carbocycles. The van der Waals surface area contributed by atoms with E-state index in [1.165, 1.54) is 37.4 Å². The molecule has 0 unspecified atom stereocenters. The number of rotatable bonds is 5. The molecule has 0 atom stereocenters. The van der Waals surface area contributed by atoms with Crippen molar-refractivity contribution >= 4 is 23.6 Å². The van der Waals surface area contributed by atoms with Crippen LogP contribution in [0.25, 0.3) is 0 Å². The highest BCUT2D eigenvalue weighted by molar-refractivity contribution is 6.30. The second-order valence-electron chi connectivity index (χ2n) is 3.99. The second-order valence-corrected chi connectivity index (χ2v) is 4.43. The van der Waals surface area contributed by atoms with E-state index in [0.29, 0.717) is 17.1 Å². The number of carbonyl (C=O) groups excluding carboxylic acids is 1. The molecule has 0 saturated heterocycles. The molecule has 7 heteroatoms. The van der Waals surface area contributed by atoms with Gasteiger partial charge in [-0.2, -0.15) is 0 Å². The molecule has 0 bridgehead atoms. The fraction of sp³-hybridized carbons (Fsp3) is 0.0714. The number of ether oxygens (including phenoxy) is 2. The Labute approximate surface area is 125 Å². The first-order chi connectivity index (χ1) is 10.0. The molecule has 0 heterocycles. The SMILES string of the molecule is COc1ccc([N+](=O)[O-])cc1Oc1ccc(Cl)cc1C=O. The number of non-ortho nitro benzene ring substituents is 1. The molecule has 108 valence electrons. The van der Waals surface area contributed by atoms with Crippen molar-refractivity contribution < 1.29 is 19.2 Å². The van der Waals surface area contributed by atoms with Crippen molar-refractivity contribution in [1.82, 2.24) is 0 Å². The predicted octanol–water partition coefficient (Wildman–Crippen LogP) is 3.86. The highest BCUT2D eigenvalue weighted by Gasteiger charge is 2.14. The fourth-order valence-corrected chi connectivity index (χ4v) is 1.86. The summed E-state index contributed by atoms with van der Waals surface area (Å²) in [6, 6.07) is 8.44. The van der Waals surface area contributed by atoms with Gasteiger partial charge in [-0.05, 0) is 24.3 Å². The van der Waals surface area contributed by atoms with Gasteiger partial charge in [-0.3, -0.25) is 14.9 Å². The zero-order valence-electron chi connectivity index (χ0n) is 10.9. The maximum Gasteiger partial charge on any atom is 0.273 e. The van der Waals surface area contributed by atoms with Gasteiger partial charge in [0, 0.05) is 11.1 Å². The number of hydrogen-bond donors (Lipinski definition) is 0. The summed E-state index contributed by atoms with van der Waals surface area (Å²) in [4.78, 5) is 21.3. The van der Waals surface area contributed by atoms with Crippen LogP contribution in [0.3, 0.4) is 0 Å². The van der Waals surface area contributed by atoms with E-state index in [1.54, 1.807) is 6.07 Å². The zero-order chi connectivity index (χ0) is 15.4. The molecule has 6 nitrogen and oxygen atoms in total. The number of aldehydes is 1. The van der Waals surface area contributed by atoms with Gasteiger partial charge in [0.25, 0.3) is 5.69 Å². The summed E-state index contributed by atoms with van der Waals surface area (Å²) in [7, 11) is 1.41. The highest BCUT2D eigenvalue weighted by Crippen LogP contribution is 2.36. The first-order valence-corrected chi connectivity index (χ1v) is 6.18. The lowest BCUT2D eigenvalue weighted by molar-refractivity contribution is -0.384. The van der Waals surface area contributed by atoms with Crippen LogP contribution in [0.5, 0.6) is 17.2 Å². The number of nitro groups is 1. The van der Waals surface area contributed by atoms with Crippen molar-refractivity contribution in [3.05, 3.63) is 57.1 Å². The van der Waals surface area contributed by atoms with Crippen molar-refractivity contribution in [1.29, 1.82) is 0 Å². The average molecular weight is 308 g/mol.